The van der Waals surface area contributed by atoms with Crippen molar-refractivity contribution in [3.05, 3.63) is 94.3 Å². The monoisotopic (exact) mass is 414 g/mol. The quantitative estimate of drug-likeness (QED) is 0.491. The Morgan fingerprint density at radius 2 is 1.93 bits per heavy atom. The first kappa shape index (κ1) is 19.4. The molecule has 0 saturated heterocycles. The molecule has 0 aliphatic rings. The third kappa shape index (κ3) is 3.66. The molecule has 3 heterocycles. The van der Waals surface area contributed by atoms with Crippen molar-refractivity contribution in [3.63, 3.8) is 0 Å². The lowest BCUT2D eigenvalue weighted by atomic mass is 10.0. The Morgan fingerprint density at radius 3 is 2.63 bits per heavy atom. The molecule has 146 valence electrons. The molecule has 4 aromatic rings. The van der Waals surface area contributed by atoms with Gasteiger partial charge in [-0.15, -0.1) is 0 Å². The van der Waals surface area contributed by atoms with E-state index >= 15 is 0 Å². The van der Waals surface area contributed by atoms with Crippen molar-refractivity contribution >= 4 is 11.6 Å². The van der Waals surface area contributed by atoms with Crippen LogP contribution in [0.1, 0.15) is 5.69 Å². The number of rotatable bonds is 4. The maximum absolute atomic E-state index is 13.3. The first-order chi connectivity index (χ1) is 14.6. The Hall–Kier alpha value is -3.95. The topological polar surface area (TPSA) is 80.8 Å². The van der Waals surface area contributed by atoms with E-state index in [-0.39, 0.29) is 11.3 Å². The van der Waals surface area contributed by atoms with E-state index in [0.717, 1.165) is 0 Å². The number of nitriles is 1. The molecule has 1 aromatic carbocycles. The van der Waals surface area contributed by atoms with Gasteiger partial charge in [-0.25, -0.2) is 4.98 Å². The lowest BCUT2D eigenvalue weighted by molar-refractivity contribution is 0.397. The van der Waals surface area contributed by atoms with E-state index < -0.39 is 0 Å². The molecule has 0 aliphatic heterocycles. The van der Waals surface area contributed by atoms with Gasteiger partial charge in [0.2, 0.25) is 5.88 Å². The summed E-state index contributed by atoms with van der Waals surface area (Å²) in [6, 6.07) is 17.9. The van der Waals surface area contributed by atoms with Crippen molar-refractivity contribution in [2.75, 3.05) is 7.11 Å². The average molecular weight is 415 g/mol. The van der Waals surface area contributed by atoms with Crippen LogP contribution in [0.15, 0.2) is 78.0 Å². The highest BCUT2D eigenvalue weighted by atomic mass is 35.5. The summed E-state index contributed by atoms with van der Waals surface area (Å²) in [6.45, 7) is 0. The number of hydrogen-bond acceptors (Lipinski definition) is 5. The lowest BCUT2D eigenvalue weighted by Crippen LogP contribution is -2.20. The van der Waals surface area contributed by atoms with Gasteiger partial charge in [-0.1, -0.05) is 23.7 Å². The standard InChI is InChI=1S/C23H15ClN4O2/c1-30-22-8-7-19(21(12-25)27-22)16-11-20(15-4-2-5-17(24)10-15)23(29)28(14-16)18-6-3-9-26-13-18/h2-11,13-14H,1H3. The number of hydrogen-bond donors (Lipinski definition) is 0. The molecule has 0 unspecified atom stereocenters. The van der Waals surface area contributed by atoms with E-state index in [1.807, 2.05) is 6.07 Å². The van der Waals surface area contributed by atoms with Crippen molar-refractivity contribution in [2.24, 2.45) is 0 Å². The molecule has 0 atom stereocenters. The molecule has 0 spiro atoms. The van der Waals surface area contributed by atoms with Crippen molar-refractivity contribution in [1.82, 2.24) is 14.5 Å². The van der Waals surface area contributed by atoms with Crippen LogP contribution in [-0.2, 0) is 0 Å². The maximum atomic E-state index is 13.3. The molecule has 0 N–H and O–H groups in total. The summed E-state index contributed by atoms with van der Waals surface area (Å²) in [7, 11) is 1.49. The Balaban J connectivity index is 2.02. The molecule has 0 amide bonds. The van der Waals surface area contributed by atoms with Crippen LogP contribution < -0.4 is 10.3 Å². The van der Waals surface area contributed by atoms with Crippen LogP contribution in [0.2, 0.25) is 5.02 Å². The van der Waals surface area contributed by atoms with Crippen molar-refractivity contribution < 1.29 is 4.74 Å². The SMILES string of the molecule is COc1ccc(-c2cc(-c3cccc(Cl)c3)c(=O)n(-c3cccnc3)c2)c(C#N)n1. The molecule has 3 aromatic heterocycles. The fourth-order valence-corrected chi connectivity index (χ4v) is 3.34. The van der Waals surface area contributed by atoms with Crippen molar-refractivity contribution in [2.45, 2.75) is 0 Å². The predicted molar refractivity (Wildman–Crippen MR) is 115 cm³/mol. The zero-order valence-electron chi connectivity index (χ0n) is 15.9. The number of pyridine rings is 3. The molecule has 6 nitrogen and oxygen atoms in total. The van der Waals surface area contributed by atoms with Gasteiger partial charge >= 0.3 is 0 Å². The number of methoxy groups -OCH3 is 1. The first-order valence-electron chi connectivity index (χ1n) is 8.99. The fraction of sp³-hybridized carbons (Fsp3) is 0.0435. The second kappa shape index (κ2) is 8.19. The molecule has 7 heteroatoms. The van der Waals surface area contributed by atoms with Crippen molar-refractivity contribution in [3.8, 4) is 39.9 Å². The Labute approximate surface area is 177 Å². The highest BCUT2D eigenvalue weighted by Gasteiger charge is 2.15. The van der Waals surface area contributed by atoms with Crippen molar-refractivity contribution in [1.29, 1.82) is 5.26 Å². The van der Waals surface area contributed by atoms with Crippen LogP contribution in [0.5, 0.6) is 5.88 Å². The average Bonchev–Trinajstić information content (AvgIpc) is 2.79. The Morgan fingerprint density at radius 1 is 1.07 bits per heavy atom. The van der Waals surface area contributed by atoms with Crippen LogP contribution in [0, 0.1) is 11.3 Å². The highest BCUT2D eigenvalue weighted by molar-refractivity contribution is 6.30. The van der Waals surface area contributed by atoms with Gasteiger partial charge < -0.3 is 4.74 Å². The normalized spacial score (nSPS) is 10.4. The fourth-order valence-electron chi connectivity index (χ4n) is 3.15. The Bertz CT molecular complexity index is 1330. The Kier molecular flexibility index (Phi) is 5.29. The lowest BCUT2D eigenvalue weighted by Gasteiger charge is -2.13. The molecule has 0 bridgehead atoms. The summed E-state index contributed by atoms with van der Waals surface area (Å²) in [5.41, 5.74) is 2.93. The first-order valence-corrected chi connectivity index (χ1v) is 9.37. The predicted octanol–water partition coefficient (Wildman–Crippen LogP) is 4.50. The van der Waals surface area contributed by atoms with Crippen LogP contribution in [0.25, 0.3) is 27.9 Å². The van der Waals surface area contributed by atoms with Crippen LogP contribution in [0.3, 0.4) is 0 Å². The zero-order chi connectivity index (χ0) is 21.1. The number of halogens is 1. The number of ether oxygens (including phenoxy) is 1. The van der Waals surface area contributed by atoms with Crippen LogP contribution >= 0.6 is 11.6 Å². The van der Waals surface area contributed by atoms with Gasteiger partial charge in [0.15, 0.2) is 5.69 Å². The summed E-state index contributed by atoms with van der Waals surface area (Å²) in [4.78, 5) is 21.6. The van der Waals surface area contributed by atoms with E-state index in [9.17, 15) is 10.1 Å². The van der Waals surface area contributed by atoms with Crippen LogP contribution in [0.4, 0.5) is 0 Å². The number of nitrogens with zero attached hydrogens (tertiary/aromatic N) is 4. The summed E-state index contributed by atoms with van der Waals surface area (Å²) < 4.78 is 6.63. The van der Waals surface area contributed by atoms with Crippen LogP contribution in [-0.4, -0.2) is 21.6 Å². The van der Waals surface area contributed by atoms with E-state index in [4.69, 9.17) is 16.3 Å². The second-order valence-electron chi connectivity index (χ2n) is 6.40. The molecular formula is C23H15ClN4O2. The van der Waals surface area contributed by atoms with Gasteiger partial charge in [0, 0.05) is 40.2 Å². The summed E-state index contributed by atoms with van der Waals surface area (Å²) in [5.74, 6) is 0.339. The van der Waals surface area contributed by atoms with E-state index in [2.05, 4.69) is 16.0 Å². The third-order valence-corrected chi connectivity index (χ3v) is 4.81. The molecule has 30 heavy (non-hydrogen) atoms. The summed E-state index contributed by atoms with van der Waals surface area (Å²) in [6.07, 6.45) is 4.92. The van der Waals surface area contributed by atoms with Gasteiger partial charge in [0.1, 0.15) is 6.07 Å². The largest absolute Gasteiger partial charge is 0.481 e. The minimum absolute atomic E-state index is 0.197. The van der Waals surface area contributed by atoms with E-state index in [0.29, 0.717) is 38.8 Å². The highest BCUT2D eigenvalue weighted by Crippen LogP contribution is 2.29. The molecule has 0 fully saturated rings. The molecule has 0 radical (unpaired) electrons. The number of benzene rings is 1. The molecule has 0 aliphatic carbocycles. The third-order valence-electron chi connectivity index (χ3n) is 4.57. The van der Waals surface area contributed by atoms with Gasteiger partial charge in [-0.05, 0) is 42.0 Å². The maximum Gasteiger partial charge on any atom is 0.263 e. The van der Waals surface area contributed by atoms with Gasteiger partial charge in [0.25, 0.3) is 5.56 Å². The molecule has 0 saturated carbocycles. The smallest absolute Gasteiger partial charge is 0.263 e. The van der Waals surface area contributed by atoms with Gasteiger partial charge in [0.05, 0.1) is 19.0 Å². The molecular weight excluding hydrogens is 400 g/mol. The zero-order valence-corrected chi connectivity index (χ0v) is 16.7. The summed E-state index contributed by atoms with van der Waals surface area (Å²) >= 11 is 6.16. The molecule has 4 rings (SSSR count). The second-order valence-corrected chi connectivity index (χ2v) is 6.84. The minimum Gasteiger partial charge on any atom is -0.481 e. The minimum atomic E-state index is -0.228. The van der Waals surface area contributed by atoms with Gasteiger partial charge in [-0.2, -0.15) is 5.26 Å². The van der Waals surface area contributed by atoms with E-state index in [1.54, 1.807) is 67.1 Å². The van der Waals surface area contributed by atoms with E-state index in [1.165, 1.54) is 11.7 Å². The number of aromatic nitrogens is 3. The summed E-state index contributed by atoms with van der Waals surface area (Å²) in [5, 5.41) is 10.1. The van der Waals surface area contributed by atoms with Gasteiger partial charge in [-0.3, -0.25) is 14.3 Å².